The molecule has 2 fully saturated rings. The van der Waals surface area contributed by atoms with Crippen molar-refractivity contribution in [1.29, 1.82) is 0 Å². The molecule has 0 amide bonds. The lowest BCUT2D eigenvalue weighted by Gasteiger charge is -2.34. The summed E-state index contributed by atoms with van der Waals surface area (Å²) in [5.41, 5.74) is 0.868. The number of fused-ring (bicyclic) bond motifs is 1. The topological polar surface area (TPSA) is 49.6 Å². The number of rotatable bonds is 3. The first-order valence-electron chi connectivity index (χ1n) is 8.05. The fourth-order valence-corrected chi connectivity index (χ4v) is 3.18. The second-order valence-corrected chi connectivity index (χ2v) is 6.07. The minimum absolute atomic E-state index is 0.555. The van der Waals surface area contributed by atoms with Crippen molar-refractivity contribution in [2.45, 2.75) is 32.1 Å². The molecule has 0 radical (unpaired) electrons. The summed E-state index contributed by atoms with van der Waals surface area (Å²) in [5, 5.41) is 13.4. The third-order valence-corrected chi connectivity index (χ3v) is 4.89. The molecule has 1 aliphatic heterocycles. The lowest BCUT2D eigenvalue weighted by molar-refractivity contribution is 0.270. The van der Waals surface area contributed by atoms with Gasteiger partial charge in [0, 0.05) is 32.1 Å². The Balaban J connectivity index is 1.61. The number of aromatic nitrogens is 4. The van der Waals surface area contributed by atoms with Gasteiger partial charge in [0.1, 0.15) is 5.82 Å². The van der Waals surface area contributed by atoms with Crippen LogP contribution < -0.4 is 4.90 Å². The summed E-state index contributed by atoms with van der Waals surface area (Å²) >= 11 is 0. The van der Waals surface area contributed by atoms with Gasteiger partial charge in [-0.2, -0.15) is 4.52 Å². The maximum Gasteiger partial charge on any atom is 0.178 e. The summed E-state index contributed by atoms with van der Waals surface area (Å²) in [6, 6.07) is 4.12. The molecule has 112 valence electrons. The van der Waals surface area contributed by atoms with Crippen LogP contribution in [0.4, 0.5) is 5.82 Å². The van der Waals surface area contributed by atoms with E-state index in [0.717, 1.165) is 50.0 Å². The maximum atomic E-state index is 4.81. The zero-order valence-electron chi connectivity index (χ0n) is 12.6. The zero-order valence-corrected chi connectivity index (χ0v) is 12.6. The van der Waals surface area contributed by atoms with E-state index in [1.165, 1.54) is 19.3 Å². The van der Waals surface area contributed by atoms with Crippen LogP contribution in [-0.4, -0.2) is 57.4 Å². The molecule has 4 rings (SSSR count). The molecule has 0 bridgehead atoms. The summed E-state index contributed by atoms with van der Waals surface area (Å²) in [7, 11) is 0. The summed E-state index contributed by atoms with van der Waals surface area (Å²) in [4.78, 5) is 4.85. The third kappa shape index (κ3) is 2.27. The molecule has 1 aliphatic carbocycles. The van der Waals surface area contributed by atoms with Gasteiger partial charge in [-0.1, -0.05) is 13.3 Å². The number of hydrogen-bond donors (Lipinski definition) is 0. The minimum Gasteiger partial charge on any atom is -0.353 e. The predicted octanol–water partition coefficient (Wildman–Crippen LogP) is 1.53. The number of hydrogen-bond acceptors (Lipinski definition) is 5. The highest BCUT2D eigenvalue weighted by atomic mass is 15.4. The van der Waals surface area contributed by atoms with E-state index in [1.54, 1.807) is 0 Å². The minimum atomic E-state index is 0.555. The lowest BCUT2D eigenvalue weighted by atomic mass is 9.85. The molecule has 0 atom stereocenters. The van der Waals surface area contributed by atoms with Crippen molar-refractivity contribution in [1.82, 2.24) is 24.7 Å². The molecule has 2 aromatic rings. The molecule has 2 aromatic heterocycles. The maximum absolute atomic E-state index is 4.81. The summed E-state index contributed by atoms with van der Waals surface area (Å²) < 4.78 is 1.96. The fraction of sp³-hybridized carbons (Fsp3) is 0.667. The smallest absolute Gasteiger partial charge is 0.178 e. The van der Waals surface area contributed by atoms with E-state index in [0.29, 0.717) is 5.92 Å². The van der Waals surface area contributed by atoms with Crippen LogP contribution in [0, 0.1) is 0 Å². The molecule has 0 spiro atoms. The fourth-order valence-electron chi connectivity index (χ4n) is 3.18. The Bertz CT molecular complexity index is 624. The number of likely N-dealkylation sites (N-methyl/N-ethyl adjacent to an activating group) is 1. The number of piperazine rings is 1. The lowest BCUT2D eigenvalue weighted by Crippen LogP contribution is -2.46. The Morgan fingerprint density at radius 3 is 2.57 bits per heavy atom. The molecule has 3 heterocycles. The van der Waals surface area contributed by atoms with Gasteiger partial charge < -0.3 is 9.80 Å². The van der Waals surface area contributed by atoms with Crippen LogP contribution in [0.15, 0.2) is 12.1 Å². The Morgan fingerprint density at radius 1 is 1.10 bits per heavy atom. The number of nitrogens with zero attached hydrogens (tertiary/aromatic N) is 6. The Labute approximate surface area is 124 Å². The molecular weight excluding hydrogens is 264 g/mol. The molecule has 2 aliphatic rings. The molecule has 0 N–H and O–H groups in total. The van der Waals surface area contributed by atoms with Gasteiger partial charge in [-0.15, -0.1) is 15.3 Å². The monoisotopic (exact) mass is 286 g/mol. The van der Waals surface area contributed by atoms with E-state index in [4.69, 9.17) is 5.10 Å². The van der Waals surface area contributed by atoms with Gasteiger partial charge in [0.15, 0.2) is 11.5 Å². The first-order valence-corrected chi connectivity index (χ1v) is 8.05. The van der Waals surface area contributed by atoms with Crippen molar-refractivity contribution in [2.24, 2.45) is 0 Å². The van der Waals surface area contributed by atoms with Gasteiger partial charge >= 0.3 is 0 Å². The molecule has 6 heteroatoms. The molecule has 0 unspecified atom stereocenters. The SMILES string of the molecule is CCN1CCN(c2ccc3nnc(C4CCC4)n3n2)CC1. The summed E-state index contributed by atoms with van der Waals surface area (Å²) in [5.74, 6) is 2.66. The van der Waals surface area contributed by atoms with Gasteiger partial charge in [0.2, 0.25) is 0 Å². The van der Waals surface area contributed by atoms with Crippen LogP contribution in [0.1, 0.15) is 37.9 Å². The second kappa shape index (κ2) is 5.26. The van der Waals surface area contributed by atoms with Crippen molar-refractivity contribution in [3.8, 4) is 0 Å². The van der Waals surface area contributed by atoms with Gasteiger partial charge in [0.25, 0.3) is 0 Å². The van der Waals surface area contributed by atoms with Gasteiger partial charge in [0.05, 0.1) is 0 Å². The van der Waals surface area contributed by atoms with E-state index in [1.807, 2.05) is 10.6 Å². The van der Waals surface area contributed by atoms with Crippen molar-refractivity contribution in [3.63, 3.8) is 0 Å². The van der Waals surface area contributed by atoms with E-state index in [2.05, 4.69) is 33.0 Å². The Kier molecular flexibility index (Phi) is 3.25. The van der Waals surface area contributed by atoms with Crippen LogP contribution in [0.5, 0.6) is 0 Å². The van der Waals surface area contributed by atoms with Crippen molar-refractivity contribution in [3.05, 3.63) is 18.0 Å². The normalized spacial score (nSPS) is 20.9. The highest BCUT2D eigenvalue weighted by Gasteiger charge is 2.26. The van der Waals surface area contributed by atoms with E-state index >= 15 is 0 Å². The zero-order chi connectivity index (χ0) is 14.2. The van der Waals surface area contributed by atoms with Gasteiger partial charge in [-0.25, -0.2) is 0 Å². The molecule has 6 nitrogen and oxygen atoms in total. The molecule has 0 aromatic carbocycles. The largest absolute Gasteiger partial charge is 0.353 e. The first-order chi connectivity index (χ1) is 10.3. The summed E-state index contributed by atoms with van der Waals surface area (Å²) in [6.45, 7) is 7.70. The van der Waals surface area contributed by atoms with Crippen LogP contribution in [0.2, 0.25) is 0 Å². The number of anilines is 1. The summed E-state index contributed by atoms with van der Waals surface area (Å²) in [6.07, 6.45) is 3.75. The van der Waals surface area contributed by atoms with Crippen molar-refractivity contribution in [2.75, 3.05) is 37.6 Å². The van der Waals surface area contributed by atoms with E-state index < -0.39 is 0 Å². The highest BCUT2D eigenvalue weighted by Crippen LogP contribution is 2.35. The van der Waals surface area contributed by atoms with Gasteiger partial charge in [-0.3, -0.25) is 0 Å². The Morgan fingerprint density at radius 2 is 1.90 bits per heavy atom. The van der Waals surface area contributed by atoms with Crippen molar-refractivity contribution >= 4 is 11.5 Å². The molecular formula is C15H22N6. The van der Waals surface area contributed by atoms with Crippen LogP contribution in [-0.2, 0) is 0 Å². The molecule has 1 saturated heterocycles. The predicted molar refractivity (Wildman–Crippen MR) is 81.7 cm³/mol. The third-order valence-electron chi connectivity index (χ3n) is 4.89. The van der Waals surface area contributed by atoms with Crippen LogP contribution in [0.3, 0.4) is 0 Å². The average Bonchev–Trinajstić information content (AvgIpc) is 2.89. The first kappa shape index (κ1) is 13.0. The van der Waals surface area contributed by atoms with Crippen molar-refractivity contribution < 1.29 is 0 Å². The van der Waals surface area contributed by atoms with Crippen LogP contribution >= 0.6 is 0 Å². The van der Waals surface area contributed by atoms with Gasteiger partial charge in [-0.05, 0) is 31.5 Å². The van der Waals surface area contributed by atoms with E-state index in [9.17, 15) is 0 Å². The molecule has 1 saturated carbocycles. The quantitative estimate of drug-likeness (QED) is 0.856. The second-order valence-electron chi connectivity index (χ2n) is 6.07. The average molecular weight is 286 g/mol. The standard InChI is InChI=1S/C15H22N6/c1-2-19-8-10-20(11-9-19)14-7-6-13-16-17-15(21(13)18-14)12-4-3-5-12/h6-7,12H,2-5,8-11H2,1H3. The highest BCUT2D eigenvalue weighted by molar-refractivity contribution is 5.46. The van der Waals surface area contributed by atoms with E-state index in [-0.39, 0.29) is 0 Å². The Hall–Kier alpha value is -1.69. The molecule has 21 heavy (non-hydrogen) atoms. The van der Waals surface area contributed by atoms with Crippen LogP contribution in [0.25, 0.3) is 5.65 Å².